The molecule has 1 aliphatic rings. The summed E-state index contributed by atoms with van der Waals surface area (Å²) in [4.78, 5) is 7.49. The van der Waals surface area contributed by atoms with Crippen molar-refractivity contribution in [2.75, 3.05) is 38.6 Å². The lowest BCUT2D eigenvalue weighted by Gasteiger charge is -2.26. The minimum Gasteiger partial charge on any atom is -0.379 e. The van der Waals surface area contributed by atoms with E-state index in [0.29, 0.717) is 12.3 Å². The highest BCUT2D eigenvalue weighted by Gasteiger charge is 2.12. The molecule has 0 aliphatic carbocycles. The van der Waals surface area contributed by atoms with Gasteiger partial charge in [0, 0.05) is 48.6 Å². The van der Waals surface area contributed by atoms with Crippen LogP contribution in [0.1, 0.15) is 5.69 Å². The fourth-order valence-electron chi connectivity index (χ4n) is 2.67. The Morgan fingerprint density at radius 1 is 1.08 bits per heavy atom. The van der Waals surface area contributed by atoms with E-state index in [1.54, 1.807) is 0 Å². The van der Waals surface area contributed by atoms with E-state index in [-0.39, 0.29) is 0 Å². The molecule has 2 aromatic rings. The van der Waals surface area contributed by atoms with Gasteiger partial charge in [-0.15, -0.1) is 0 Å². The third-order valence-electron chi connectivity index (χ3n) is 4.18. The van der Waals surface area contributed by atoms with E-state index >= 15 is 0 Å². The predicted octanol–water partition coefficient (Wildman–Crippen LogP) is 1.65. The van der Waals surface area contributed by atoms with Crippen molar-refractivity contribution in [3.63, 3.8) is 0 Å². The summed E-state index contributed by atoms with van der Waals surface area (Å²) in [7, 11) is -0.969. The molecule has 1 saturated heterocycles. The molecule has 128 valence electrons. The molecule has 1 fully saturated rings. The van der Waals surface area contributed by atoms with Gasteiger partial charge in [-0.3, -0.25) is 14.1 Å². The molecular formula is C18H23N3O2S. The van der Waals surface area contributed by atoms with Crippen molar-refractivity contribution in [3.05, 3.63) is 48.3 Å². The van der Waals surface area contributed by atoms with Gasteiger partial charge in [-0.05, 0) is 23.8 Å². The summed E-state index contributed by atoms with van der Waals surface area (Å²) < 4.78 is 17.8. The maximum atomic E-state index is 12.4. The third kappa shape index (κ3) is 4.48. The average molecular weight is 345 g/mol. The quantitative estimate of drug-likeness (QED) is 0.862. The fourth-order valence-corrected chi connectivity index (χ4v) is 3.77. The summed E-state index contributed by atoms with van der Waals surface area (Å²) in [6, 6.07) is 11.8. The van der Waals surface area contributed by atoms with Crippen LogP contribution in [0.2, 0.25) is 0 Å². The van der Waals surface area contributed by atoms with Crippen LogP contribution in [0.4, 0.5) is 0 Å². The van der Waals surface area contributed by atoms with Crippen LogP contribution in [-0.4, -0.2) is 52.7 Å². The van der Waals surface area contributed by atoms with E-state index in [1.165, 1.54) is 0 Å². The van der Waals surface area contributed by atoms with E-state index < -0.39 is 10.8 Å². The van der Waals surface area contributed by atoms with E-state index in [2.05, 4.69) is 9.88 Å². The first-order valence-corrected chi connectivity index (χ1v) is 9.52. The number of benzene rings is 1. The Hall–Kier alpha value is -1.60. The second-order valence-corrected chi connectivity index (χ2v) is 7.34. The van der Waals surface area contributed by atoms with Crippen molar-refractivity contribution in [1.82, 2.24) is 9.88 Å². The Morgan fingerprint density at radius 3 is 2.42 bits per heavy atom. The number of pyridine rings is 1. The molecule has 1 atom stereocenters. The lowest BCUT2D eigenvalue weighted by atomic mass is 10.1. The first kappa shape index (κ1) is 17.2. The Kier molecular flexibility index (Phi) is 6.09. The summed E-state index contributed by atoms with van der Waals surface area (Å²) in [6.07, 6.45) is 1.83. The van der Waals surface area contributed by atoms with Gasteiger partial charge in [-0.25, -0.2) is 0 Å². The normalized spacial score (nSPS) is 16.9. The largest absolute Gasteiger partial charge is 0.379 e. The molecule has 0 unspecified atom stereocenters. The Bertz CT molecular complexity index is 668. The summed E-state index contributed by atoms with van der Waals surface area (Å²) >= 11 is 0. The first-order chi connectivity index (χ1) is 11.8. The molecule has 0 radical (unpaired) electrons. The highest BCUT2D eigenvalue weighted by molar-refractivity contribution is 7.85. The van der Waals surface area contributed by atoms with Crippen LogP contribution in [0.3, 0.4) is 0 Å². The molecule has 1 aromatic heterocycles. The zero-order valence-corrected chi connectivity index (χ0v) is 14.5. The minimum atomic E-state index is -0.969. The molecule has 2 N–H and O–H groups in total. The second kappa shape index (κ2) is 8.48. The molecule has 2 heterocycles. The number of rotatable bonds is 6. The van der Waals surface area contributed by atoms with Crippen LogP contribution in [0.5, 0.6) is 0 Å². The van der Waals surface area contributed by atoms with Crippen LogP contribution >= 0.6 is 0 Å². The second-order valence-electron chi connectivity index (χ2n) is 5.77. The van der Waals surface area contributed by atoms with Crippen molar-refractivity contribution in [2.45, 2.75) is 11.4 Å². The van der Waals surface area contributed by atoms with Crippen LogP contribution in [0.15, 0.2) is 47.5 Å². The lowest BCUT2D eigenvalue weighted by molar-refractivity contribution is 0.0409. The molecule has 3 rings (SSSR count). The van der Waals surface area contributed by atoms with Crippen LogP contribution < -0.4 is 5.73 Å². The Balaban J connectivity index is 1.59. The van der Waals surface area contributed by atoms with Gasteiger partial charge in [0.1, 0.15) is 0 Å². The molecule has 0 spiro atoms. The van der Waals surface area contributed by atoms with Crippen molar-refractivity contribution in [2.24, 2.45) is 5.73 Å². The monoisotopic (exact) mass is 345 g/mol. The van der Waals surface area contributed by atoms with E-state index in [0.717, 1.165) is 54.6 Å². The molecule has 1 aliphatic heterocycles. The van der Waals surface area contributed by atoms with E-state index in [1.807, 2.05) is 42.6 Å². The maximum Gasteiger partial charge on any atom is 0.0594 e. The van der Waals surface area contributed by atoms with E-state index in [4.69, 9.17) is 10.5 Å². The minimum absolute atomic E-state index is 0.446. The van der Waals surface area contributed by atoms with Crippen LogP contribution in [-0.2, 0) is 22.1 Å². The molecule has 0 saturated carbocycles. The van der Waals surface area contributed by atoms with Crippen LogP contribution in [0, 0.1) is 0 Å². The summed E-state index contributed by atoms with van der Waals surface area (Å²) in [5.74, 6) is 0.659. The maximum absolute atomic E-state index is 12.4. The van der Waals surface area contributed by atoms with Crippen molar-refractivity contribution < 1.29 is 8.95 Å². The molecule has 1 aromatic carbocycles. The number of morpholine rings is 1. The number of hydrogen-bond donors (Lipinski definition) is 1. The molecule has 6 heteroatoms. The molecule has 5 nitrogen and oxygen atoms in total. The number of ether oxygens (including phenoxy) is 1. The molecular weight excluding hydrogens is 322 g/mol. The highest BCUT2D eigenvalue weighted by atomic mass is 32.2. The van der Waals surface area contributed by atoms with Crippen molar-refractivity contribution >= 4 is 10.8 Å². The number of nitrogens with zero attached hydrogens (tertiary/aromatic N) is 2. The van der Waals surface area contributed by atoms with Crippen LogP contribution in [0.25, 0.3) is 11.1 Å². The molecule has 0 bridgehead atoms. The van der Waals surface area contributed by atoms with Gasteiger partial charge in [0.2, 0.25) is 0 Å². The van der Waals surface area contributed by atoms with Gasteiger partial charge in [0.05, 0.1) is 29.7 Å². The number of aromatic nitrogens is 1. The molecule has 24 heavy (non-hydrogen) atoms. The zero-order valence-electron chi connectivity index (χ0n) is 13.7. The van der Waals surface area contributed by atoms with Gasteiger partial charge >= 0.3 is 0 Å². The van der Waals surface area contributed by atoms with Gasteiger partial charge in [-0.2, -0.15) is 0 Å². The van der Waals surface area contributed by atoms with Gasteiger partial charge in [0.15, 0.2) is 0 Å². The lowest BCUT2D eigenvalue weighted by Crippen LogP contribution is -2.38. The van der Waals surface area contributed by atoms with Gasteiger partial charge < -0.3 is 10.5 Å². The summed E-state index contributed by atoms with van der Waals surface area (Å²) in [5.41, 5.74) is 8.55. The van der Waals surface area contributed by atoms with E-state index in [9.17, 15) is 4.21 Å². The van der Waals surface area contributed by atoms with Crippen molar-refractivity contribution in [1.29, 1.82) is 0 Å². The Morgan fingerprint density at radius 2 is 1.79 bits per heavy atom. The smallest absolute Gasteiger partial charge is 0.0594 e. The summed E-state index contributed by atoms with van der Waals surface area (Å²) in [5, 5.41) is 0. The average Bonchev–Trinajstić information content (AvgIpc) is 2.67. The third-order valence-corrected chi connectivity index (χ3v) is 5.53. The Labute approximate surface area is 145 Å². The molecule has 0 amide bonds. The summed E-state index contributed by atoms with van der Waals surface area (Å²) in [6.45, 7) is 4.71. The predicted molar refractivity (Wildman–Crippen MR) is 96.1 cm³/mol. The topological polar surface area (TPSA) is 68.5 Å². The van der Waals surface area contributed by atoms with Crippen molar-refractivity contribution in [3.8, 4) is 11.1 Å². The standard InChI is InChI=1S/C18H23N3O2S/c19-13-17-4-1-16(14-20-17)15-2-5-18(6-3-15)24(22)12-9-21-7-10-23-11-8-21/h1-6,14H,7-13,19H2/t24-/m1/s1. The highest BCUT2D eigenvalue weighted by Crippen LogP contribution is 2.20. The number of hydrogen-bond acceptors (Lipinski definition) is 5. The van der Waals surface area contributed by atoms with Gasteiger partial charge in [-0.1, -0.05) is 18.2 Å². The zero-order chi connectivity index (χ0) is 16.8. The fraction of sp³-hybridized carbons (Fsp3) is 0.389. The SMILES string of the molecule is NCc1ccc(-c2ccc([S@](=O)CCN3CCOCC3)cc2)cn1. The number of nitrogens with two attached hydrogens (primary N) is 1. The van der Waals surface area contributed by atoms with Gasteiger partial charge in [0.25, 0.3) is 0 Å². The first-order valence-electron chi connectivity index (χ1n) is 8.20.